The highest BCUT2D eigenvalue weighted by molar-refractivity contribution is 5.83. The van der Waals surface area contributed by atoms with Crippen LogP contribution < -0.4 is 5.32 Å². The van der Waals surface area contributed by atoms with Crippen LogP contribution >= 0.6 is 0 Å². The Kier molecular flexibility index (Phi) is 3.89. The smallest absolute Gasteiger partial charge is 0.227 e. The number of nitrogens with one attached hydrogen (secondary N) is 1. The van der Waals surface area contributed by atoms with E-state index in [0.29, 0.717) is 13.2 Å². The third-order valence-electron chi connectivity index (χ3n) is 5.86. The summed E-state index contributed by atoms with van der Waals surface area (Å²) in [5, 5.41) is 7.19. The lowest BCUT2D eigenvalue weighted by Crippen LogP contribution is -2.49. The van der Waals surface area contributed by atoms with Gasteiger partial charge in [0, 0.05) is 51.2 Å². The van der Waals surface area contributed by atoms with Crippen molar-refractivity contribution in [2.75, 3.05) is 33.4 Å². The first kappa shape index (κ1) is 15.1. The molecule has 1 amide bonds. The van der Waals surface area contributed by atoms with E-state index in [9.17, 15) is 4.79 Å². The largest absolute Gasteiger partial charge is 0.381 e. The van der Waals surface area contributed by atoms with Gasteiger partial charge in [0.2, 0.25) is 5.91 Å². The minimum Gasteiger partial charge on any atom is -0.381 e. The number of carbonyl (C=O) groups is 1. The molecule has 4 rings (SSSR count). The molecule has 1 aromatic heterocycles. The van der Waals surface area contributed by atoms with Crippen molar-refractivity contribution in [3.63, 3.8) is 0 Å². The normalized spacial score (nSPS) is 30.7. The Morgan fingerprint density at radius 3 is 3.17 bits per heavy atom. The van der Waals surface area contributed by atoms with Gasteiger partial charge in [0.1, 0.15) is 11.5 Å². The van der Waals surface area contributed by atoms with Crippen molar-refractivity contribution in [1.29, 1.82) is 0 Å². The molecule has 2 aliphatic heterocycles. The highest BCUT2D eigenvalue weighted by Crippen LogP contribution is 2.43. The van der Waals surface area contributed by atoms with Crippen molar-refractivity contribution in [2.24, 2.45) is 11.3 Å². The number of fused-ring (bicyclic) bond motifs is 2. The second-order valence-corrected chi connectivity index (χ2v) is 7.16. The summed E-state index contributed by atoms with van der Waals surface area (Å²) < 4.78 is 11.2. The molecule has 1 aromatic rings. The zero-order valence-electron chi connectivity index (χ0n) is 13.8. The van der Waals surface area contributed by atoms with Gasteiger partial charge in [-0.15, -0.1) is 0 Å². The number of ether oxygens (including phenoxy) is 1. The average Bonchev–Trinajstić information content (AvgIpc) is 3.16. The molecule has 0 aromatic carbocycles. The maximum absolute atomic E-state index is 12.5. The van der Waals surface area contributed by atoms with Crippen LogP contribution in [-0.2, 0) is 28.9 Å². The molecular formula is C17H25N3O3. The molecule has 0 spiro atoms. The van der Waals surface area contributed by atoms with Crippen molar-refractivity contribution in [2.45, 2.75) is 38.6 Å². The highest BCUT2D eigenvalue weighted by Gasteiger charge is 2.53. The van der Waals surface area contributed by atoms with Crippen LogP contribution in [0.1, 0.15) is 36.3 Å². The molecule has 0 radical (unpaired) electrons. The molecule has 2 fully saturated rings. The van der Waals surface area contributed by atoms with Crippen molar-refractivity contribution in [1.82, 2.24) is 15.4 Å². The van der Waals surface area contributed by atoms with Gasteiger partial charge in [0.05, 0.1) is 12.0 Å². The van der Waals surface area contributed by atoms with E-state index in [0.717, 1.165) is 50.4 Å². The van der Waals surface area contributed by atoms with Gasteiger partial charge in [-0.1, -0.05) is 5.16 Å². The van der Waals surface area contributed by atoms with E-state index in [1.165, 1.54) is 18.4 Å². The van der Waals surface area contributed by atoms with Gasteiger partial charge in [-0.3, -0.25) is 9.69 Å². The molecule has 3 aliphatic rings. The monoisotopic (exact) mass is 319 g/mol. The van der Waals surface area contributed by atoms with E-state index in [-0.39, 0.29) is 17.2 Å². The van der Waals surface area contributed by atoms with Crippen LogP contribution in [0.15, 0.2) is 4.52 Å². The third-order valence-corrected chi connectivity index (χ3v) is 5.86. The lowest BCUT2D eigenvalue weighted by Gasteiger charge is -2.36. The maximum atomic E-state index is 12.5. The number of carbonyl (C=O) groups excluding carboxylic acids is 1. The van der Waals surface area contributed by atoms with Crippen LogP contribution in [0.5, 0.6) is 0 Å². The van der Waals surface area contributed by atoms with E-state index in [1.54, 1.807) is 7.05 Å². The molecule has 2 saturated heterocycles. The Labute approximate surface area is 136 Å². The summed E-state index contributed by atoms with van der Waals surface area (Å²) in [6.45, 7) is 3.84. The van der Waals surface area contributed by atoms with Crippen molar-refractivity contribution < 1.29 is 14.1 Å². The summed E-state index contributed by atoms with van der Waals surface area (Å²) in [6.07, 6.45) is 5.32. The molecule has 6 heteroatoms. The summed E-state index contributed by atoms with van der Waals surface area (Å²) in [6, 6.07) is 0. The van der Waals surface area contributed by atoms with Crippen LogP contribution in [0.2, 0.25) is 0 Å². The van der Waals surface area contributed by atoms with Gasteiger partial charge < -0.3 is 14.6 Å². The molecule has 0 saturated carbocycles. The standard InChI is InChI=1S/C17H25N3O3/c1-18-16(21)17-6-7-22-10-12(17)8-20(11-17)9-14-13-4-2-3-5-15(13)23-19-14/h12H,2-11H2,1H3,(H,18,21). The van der Waals surface area contributed by atoms with Gasteiger partial charge in [-0.25, -0.2) is 0 Å². The first-order valence-electron chi connectivity index (χ1n) is 8.71. The highest BCUT2D eigenvalue weighted by atomic mass is 16.5. The van der Waals surface area contributed by atoms with Crippen LogP contribution in [-0.4, -0.2) is 49.3 Å². The minimum absolute atomic E-state index is 0.162. The van der Waals surface area contributed by atoms with Crippen molar-refractivity contribution >= 4 is 5.91 Å². The Balaban J connectivity index is 1.53. The minimum atomic E-state index is -0.295. The zero-order valence-corrected chi connectivity index (χ0v) is 13.8. The topological polar surface area (TPSA) is 67.6 Å². The van der Waals surface area contributed by atoms with Crippen molar-refractivity contribution in [3.05, 3.63) is 17.0 Å². The van der Waals surface area contributed by atoms with Crippen LogP contribution in [0, 0.1) is 11.3 Å². The SMILES string of the molecule is CNC(=O)C12CCOCC1CN(Cc1noc3c1CCCC3)C2. The van der Waals surface area contributed by atoms with Crippen LogP contribution in [0.25, 0.3) is 0 Å². The number of amides is 1. The number of nitrogens with zero attached hydrogens (tertiary/aromatic N) is 2. The first-order valence-corrected chi connectivity index (χ1v) is 8.71. The second-order valence-electron chi connectivity index (χ2n) is 7.16. The van der Waals surface area contributed by atoms with E-state index in [1.807, 2.05) is 0 Å². The quantitative estimate of drug-likeness (QED) is 0.905. The lowest BCUT2D eigenvalue weighted by molar-refractivity contribution is -0.138. The molecule has 0 bridgehead atoms. The number of hydrogen-bond acceptors (Lipinski definition) is 5. The molecular weight excluding hydrogens is 294 g/mol. The van der Waals surface area contributed by atoms with E-state index in [4.69, 9.17) is 9.26 Å². The Hall–Kier alpha value is -1.40. The predicted octanol–water partition coefficient (Wildman–Crippen LogP) is 1.14. The number of aryl methyl sites for hydroxylation is 1. The van der Waals surface area contributed by atoms with Gasteiger partial charge in [0.15, 0.2) is 0 Å². The number of aromatic nitrogens is 1. The van der Waals surface area contributed by atoms with Crippen LogP contribution in [0.3, 0.4) is 0 Å². The van der Waals surface area contributed by atoms with Gasteiger partial charge >= 0.3 is 0 Å². The molecule has 3 heterocycles. The molecule has 6 nitrogen and oxygen atoms in total. The second kappa shape index (κ2) is 5.91. The molecule has 23 heavy (non-hydrogen) atoms. The summed E-state index contributed by atoms with van der Waals surface area (Å²) in [7, 11) is 1.74. The van der Waals surface area contributed by atoms with Crippen molar-refractivity contribution in [3.8, 4) is 0 Å². The summed E-state index contributed by atoms with van der Waals surface area (Å²) in [5.74, 6) is 1.52. The first-order chi connectivity index (χ1) is 11.2. The lowest BCUT2D eigenvalue weighted by atomic mass is 9.73. The van der Waals surface area contributed by atoms with Gasteiger partial charge in [0.25, 0.3) is 0 Å². The summed E-state index contributed by atoms with van der Waals surface area (Å²) in [4.78, 5) is 14.9. The molecule has 2 unspecified atom stereocenters. The molecule has 1 N–H and O–H groups in total. The fraction of sp³-hybridized carbons (Fsp3) is 0.765. The number of likely N-dealkylation sites (tertiary alicyclic amines) is 1. The van der Waals surface area contributed by atoms with E-state index < -0.39 is 0 Å². The van der Waals surface area contributed by atoms with Crippen LogP contribution in [0.4, 0.5) is 0 Å². The summed E-state index contributed by atoms with van der Waals surface area (Å²) >= 11 is 0. The van der Waals surface area contributed by atoms with Gasteiger partial charge in [-0.05, 0) is 25.7 Å². The zero-order chi connectivity index (χ0) is 15.9. The van der Waals surface area contributed by atoms with Gasteiger partial charge in [-0.2, -0.15) is 0 Å². The maximum Gasteiger partial charge on any atom is 0.227 e. The predicted molar refractivity (Wildman–Crippen MR) is 83.8 cm³/mol. The molecule has 1 aliphatic carbocycles. The Bertz CT molecular complexity index is 600. The van der Waals surface area contributed by atoms with E-state index >= 15 is 0 Å². The third kappa shape index (κ3) is 2.48. The Morgan fingerprint density at radius 2 is 2.30 bits per heavy atom. The Morgan fingerprint density at radius 1 is 1.43 bits per heavy atom. The fourth-order valence-corrected chi connectivity index (χ4v) is 4.58. The molecule has 2 atom stereocenters. The fourth-order valence-electron chi connectivity index (χ4n) is 4.58. The number of rotatable bonds is 3. The average molecular weight is 319 g/mol. The van der Waals surface area contributed by atoms with E-state index in [2.05, 4.69) is 15.4 Å². The number of hydrogen-bond donors (Lipinski definition) is 1. The molecule has 126 valence electrons. The summed E-state index contributed by atoms with van der Waals surface area (Å²) in [5.41, 5.74) is 2.10.